The molecule has 0 aromatic heterocycles. The van der Waals surface area contributed by atoms with Gasteiger partial charge >= 0.3 is 0 Å². The number of anilines is 1. The zero-order chi connectivity index (χ0) is 19.4. The van der Waals surface area contributed by atoms with Crippen molar-refractivity contribution < 1.29 is 23.1 Å². The van der Waals surface area contributed by atoms with Gasteiger partial charge in [0, 0.05) is 6.54 Å². The van der Waals surface area contributed by atoms with Crippen LogP contribution in [0.15, 0.2) is 18.2 Å². The van der Waals surface area contributed by atoms with Gasteiger partial charge in [-0.1, -0.05) is 31.7 Å². The first kappa shape index (κ1) is 19.7. The van der Waals surface area contributed by atoms with Crippen LogP contribution in [0, 0.1) is 11.6 Å². The van der Waals surface area contributed by atoms with E-state index in [-0.39, 0.29) is 24.2 Å². The van der Waals surface area contributed by atoms with E-state index in [1.807, 2.05) is 0 Å². The van der Waals surface area contributed by atoms with Crippen molar-refractivity contribution in [2.75, 3.05) is 11.4 Å². The van der Waals surface area contributed by atoms with Crippen molar-refractivity contribution in [3.8, 4) is 0 Å². The van der Waals surface area contributed by atoms with Crippen LogP contribution in [0.4, 0.5) is 14.5 Å². The maximum Gasteiger partial charge on any atom is 0.249 e. The molecule has 1 N–H and O–H groups in total. The molecule has 5 nitrogen and oxygen atoms in total. The molecule has 7 heteroatoms. The van der Waals surface area contributed by atoms with E-state index < -0.39 is 29.7 Å². The van der Waals surface area contributed by atoms with E-state index in [4.69, 9.17) is 4.74 Å². The Labute approximate surface area is 158 Å². The number of halogens is 2. The lowest BCUT2D eigenvalue weighted by atomic mass is 10.1. The summed E-state index contributed by atoms with van der Waals surface area (Å²) >= 11 is 0. The van der Waals surface area contributed by atoms with Gasteiger partial charge in [-0.2, -0.15) is 0 Å². The van der Waals surface area contributed by atoms with E-state index in [1.165, 1.54) is 18.9 Å². The maximum absolute atomic E-state index is 13.9. The summed E-state index contributed by atoms with van der Waals surface area (Å²) in [5, 5.41) is 2.67. The molecule has 2 atom stereocenters. The van der Waals surface area contributed by atoms with Gasteiger partial charge < -0.3 is 15.0 Å². The number of nitrogens with zero attached hydrogens (tertiary/aromatic N) is 1. The van der Waals surface area contributed by atoms with Crippen LogP contribution < -0.4 is 10.2 Å². The molecule has 1 aliphatic carbocycles. The molecule has 1 saturated heterocycles. The van der Waals surface area contributed by atoms with Gasteiger partial charge in [0.1, 0.15) is 29.5 Å². The molecular weight excluding hydrogens is 354 g/mol. The van der Waals surface area contributed by atoms with Crippen LogP contribution in [0.2, 0.25) is 0 Å². The lowest BCUT2D eigenvalue weighted by molar-refractivity contribution is -0.138. The standard InChI is InChI=1S/C20H26F2N2O3/c1-13(27-14-7-4-2-3-5-8-14)19(25)23-17-11-12-24(20(17)26)18-15(21)9-6-10-16(18)22/h6,9-10,13-14,17H,2-5,7-8,11-12H2,1H3,(H,23,25)/t13-,17+/m0/s1. The molecule has 27 heavy (non-hydrogen) atoms. The first-order valence-electron chi connectivity index (χ1n) is 9.68. The van der Waals surface area contributed by atoms with Crippen LogP contribution in [0.25, 0.3) is 0 Å². The minimum Gasteiger partial charge on any atom is -0.365 e. The number of carbonyl (C=O) groups excluding carboxylic acids is 2. The van der Waals surface area contributed by atoms with Crippen molar-refractivity contribution in [2.24, 2.45) is 0 Å². The highest BCUT2D eigenvalue weighted by Gasteiger charge is 2.37. The highest BCUT2D eigenvalue weighted by Crippen LogP contribution is 2.28. The number of hydrogen-bond donors (Lipinski definition) is 1. The van der Waals surface area contributed by atoms with Crippen molar-refractivity contribution in [1.29, 1.82) is 0 Å². The molecule has 0 unspecified atom stereocenters. The van der Waals surface area contributed by atoms with Gasteiger partial charge in [0.15, 0.2) is 0 Å². The molecule has 1 aromatic rings. The third-order valence-electron chi connectivity index (χ3n) is 5.30. The normalized spacial score (nSPS) is 22.6. The number of amides is 2. The smallest absolute Gasteiger partial charge is 0.249 e. The van der Waals surface area contributed by atoms with Gasteiger partial charge in [0.05, 0.1) is 6.10 Å². The van der Waals surface area contributed by atoms with E-state index in [2.05, 4.69) is 5.32 Å². The second kappa shape index (κ2) is 8.78. The molecule has 0 bridgehead atoms. The summed E-state index contributed by atoms with van der Waals surface area (Å²) in [6, 6.07) is 2.68. The van der Waals surface area contributed by atoms with Gasteiger partial charge in [-0.25, -0.2) is 8.78 Å². The molecule has 1 heterocycles. The Morgan fingerprint density at radius 3 is 2.41 bits per heavy atom. The quantitative estimate of drug-likeness (QED) is 0.798. The number of ether oxygens (including phenoxy) is 1. The molecule has 3 rings (SSSR count). The number of para-hydroxylation sites is 1. The van der Waals surface area contributed by atoms with Gasteiger partial charge in [-0.3, -0.25) is 9.59 Å². The summed E-state index contributed by atoms with van der Waals surface area (Å²) in [7, 11) is 0. The van der Waals surface area contributed by atoms with Crippen LogP contribution in [0.5, 0.6) is 0 Å². The SMILES string of the molecule is C[C@H](OC1CCCCCC1)C(=O)N[C@@H]1CCN(c2c(F)cccc2F)C1=O. The monoisotopic (exact) mass is 380 g/mol. The van der Waals surface area contributed by atoms with Crippen LogP contribution in [-0.4, -0.2) is 36.6 Å². The summed E-state index contributed by atoms with van der Waals surface area (Å²) in [6.07, 6.45) is 6.18. The Morgan fingerprint density at radius 1 is 1.15 bits per heavy atom. The zero-order valence-electron chi connectivity index (χ0n) is 15.5. The van der Waals surface area contributed by atoms with E-state index in [0.717, 1.165) is 42.7 Å². The number of nitrogens with one attached hydrogen (secondary N) is 1. The van der Waals surface area contributed by atoms with Crippen molar-refractivity contribution >= 4 is 17.5 Å². The molecule has 2 fully saturated rings. The number of carbonyl (C=O) groups is 2. The Kier molecular flexibility index (Phi) is 6.42. The molecule has 2 amide bonds. The van der Waals surface area contributed by atoms with Gasteiger partial charge in [0.25, 0.3) is 0 Å². The van der Waals surface area contributed by atoms with Gasteiger partial charge in [0.2, 0.25) is 11.8 Å². The van der Waals surface area contributed by atoms with E-state index in [9.17, 15) is 18.4 Å². The fraction of sp³-hybridized carbons (Fsp3) is 0.600. The van der Waals surface area contributed by atoms with Crippen LogP contribution in [0.1, 0.15) is 51.9 Å². The topological polar surface area (TPSA) is 58.6 Å². The lowest BCUT2D eigenvalue weighted by Crippen LogP contribution is -2.46. The predicted octanol–water partition coefficient (Wildman–Crippen LogP) is 3.31. The Morgan fingerprint density at radius 2 is 1.78 bits per heavy atom. The van der Waals surface area contributed by atoms with Crippen molar-refractivity contribution in [2.45, 2.75) is 70.1 Å². The first-order chi connectivity index (χ1) is 13.0. The first-order valence-corrected chi connectivity index (χ1v) is 9.68. The Hall–Kier alpha value is -2.02. The lowest BCUT2D eigenvalue weighted by Gasteiger charge is -2.22. The third-order valence-corrected chi connectivity index (χ3v) is 5.30. The molecular formula is C20H26F2N2O3. The fourth-order valence-electron chi connectivity index (χ4n) is 3.80. The highest BCUT2D eigenvalue weighted by molar-refractivity contribution is 6.01. The third kappa shape index (κ3) is 4.64. The minimum absolute atomic E-state index is 0.0662. The summed E-state index contributed by atoms with van der Waals surface area (Å²) in [5.74, 6) is -2.46. The van der Waals surface area contributed by atoms with Crippen molar-refractivity contribution in [3.63, 3.8) is 0 Å². The number of rotatable bonds is 5. The highest BCUT2D eigenvalue weighted by atomic mass is 19.1. The van der Waals surface area contributed by atoms with Crippen LogP contribution in [-0.2, 0) is 14.3 Å². The predicted molar refractivity (Wildman–Crippen MR) is 97.3 cm³/mol. The molecule has 148 valence electrons. The number of hydrogen-bond acceptors (Lipinski definition) is 3. The Balaban J connectivity index is 1.58. The zero-order valence-corrected chi connectivity index (χ0v) is 15.5. The van der Waals surface area contributed by atoms with Crippen LogP contribution in [0.3, 0.4) is 0 Å². The average Bonchev–Trinajstić information content (AvgIpc) is 2.84. The van der Waals surface area contributed by atoms with Crippen LogP contribution >= 0.6 is 0 Å². The molecule has 1 aromatic carbocycles. The number of benzene rings is 1. The molecule has 1 aliphatic heterocycles. The van der Waals surface area contributed by atoms with Gasteiger partial charge in [-0.05, 0) is 38.3 Å². The van der Waals surface area contributed by atoms with E-state index in [1.54, 1.807) is 6.92 Å². The second-order valence-electron chi connectivity index (χ2n) is 7.30. The molecule has 2 aliphatic rings. The molecule has 0 spiro atoms. The summed E-state index contributed by atoms with van der Waals surface area (Å²) in [5.41, 5.74) is -0.359. The second-order valence-corrected chi connectivity index (χ2v) is 7.30. The maximum atomic E-state index is 13.9. The largest absolute Gasteiger partial charge is 0.365 e. The fourth-order valence-corrected chi connectivity index (χ4v) is 3.80. The molecule has 0 radical (unpaired) electrons. The average molecular weight is 380 g/mol. The summed E-state index contributed by atoms with van der Waals surface area (Å²) < 4.78 is 33.8. The van der Waals surface area contributed by atoms with Crippen molar-refractivity contribution in [1.82, 2.24) is 5.32 Å². The Bertz CT molecular complexity index is 670. The van der Waals surface area contributed by atoms with Crippen molar-refractivity contribution in [3.05, 3.63) is 29.8 Å². The minimum atomic E-state index is -0.795. The summed E-state index contributed by atoms with van der Waals surface area (Å²) in [6.45, 7) is 1.83. The summed E-state index contributed by atoms with van der Waals surface area (Å²) in [4.78, 5) is 26.0. The molecule has 1 saturated carbocycles. The van der Waals surface area contributed by atoms with E-state index >= 15 is 0 Å². The van der Waals surface area contributed by atoms with E-state index in [0.29, 0.717) is 6.42 Å². The van der Waals surface area contributed by atoms with Gasteiger partial charge in [-0.15, -0.1) is 0 Å².